The average Bonchev–Trinajstić information content (AvgIpc) is 2.50. The van der Waals surface area contributed by atoms with Crippen LogP contribution >= 0.6 is 0 Å². The number of carbonyl (C=O) groups excluding carboxylic acids is 2. The lowest BCUT2D eigenvalue weighted by molar-refractivity contribution is -0.121. The maximum absolute atomic E-state index is 12.5. The van der Waals surface area contributed by atoms with Gasteiger partial charge in [0, 0.05) is 25.5 Å². The fourth-order valence-electron chi connectivity index (χ4n) is 1.74. The summed E-state index contributed by atoms with van der Waals surface area (Å²) in [5.41, 5.74) is 0.808. The van der Waals surface area contributed by atoms with E-state index in [1.807, 2.05) is 6.92 Å². The van der Waals surface area contributed by atoms with Gasteiger partial charge in [-0.05, 0) is 19.9 Å². The molecule has 21 heavy (non-hydrogen) atoms. The van der Waals surface area contributed by atoms with Crippen LogP contribution in [-0.2, 0) is 4.79 Å². The Labute approximate surface area is 124 Å². The quantitative estimate of drug-likeness (QED) is 0.749. The molecule has 0 saturated heterocycles. The SMILES string of the molecule is CCNC(=O)CN(CC)C(=O)c1ccncc1C#CCO. The first-order chi connectivity index (χ1) is 10.1. The van der Waals surface area contributed by atoms with Crippen LogP contribution in [0.25, 0.3) is 0 Å². The minimum atomic E-state index is -0.293. The van der Waals surface area contributed by atoms with Gasteiger partial charge in [-0.1, -0.05) is 11.8 Å². The molecule has 0 bridgehead atoms. The lowest BCUT2D eigenvalue weighted by atomic mass is 10.1. The molecule has 6 heteroatoms. The number of aromatic nitrogens is 1. The summed E-state index contributed by atoms with van der Waals surface area (Å²) in [6.07, 6.45) is 2.97. The van der Waals surface area contributed by atoms with E-state index in [1.165, 1.54) is 17.3 Å². The zero-order chi connectivity index (χ0) is 15.7. The molecule has 0 atom stereocenters. The molecule has 0 aliphatic heterocycles. The van der Waals surface area contributed by atoms with Gasteiger partial charge in [-0.15, -0.1) is 0 Å². The summed E-state index contributed by atoms with van der Waals surface area (Å²) in [5.74, 6) is 4.70. The standard InChI is InChI=1S/C15H19N3O3/c1-3-17-14(20)11-18(4-2)15(21)13-7-8-16-10-12(13)6-5-9-19/h7-8,10,19H,3-4,9,11H2,1-2H3,(H,17,20). The zero-order valence-electron chi connectivity index (χ0n) is 12.2. The Morgan fingerprint density at radius 3 is 2.81 bits per heavy atom. The number of hydrogen-bond donors (Lipinski definition) is 2. The monoisotopic (exact) mass is 289 g/mol. The van der Waals surface area contributed by atoms with Crippen molar-refractivity contribution < 1.29 is 14.7 Å². The highest BCUT2D eigenvalue weighted by atomic mass is 16.2. The number of nitrogens with one attached hydrogen (secondary N) is 1. The van der Waals surface area contributed by atoms with Gasteiger partial charge in [0.15, 0.2) is 0 Å². The van der Waals surface area contributed by atoms with Crippen molar-refractivity contribution in [3.63, 3.8) is 0 Å². The van der Waals surface area contributed by atoms with Crippen LogP contribution in [0.15, 0.2) is 18.5 Å². The molecule has 0 aromatic carbocycles. The number of carbonyl (C=O) groups is 2. The van der Waals surface area contributed by atoms with Crippen LogP contribution in [0.5, 0.6) is 0 Å². The van der Waals surface area contributed by atoms with Crippen LogP contribution in [0.1, 0.15) is 29.8 Å². The molecular weight excluding hydrogens is 270 g/mol. The topological polar surface area (TPSA) is 82.5 Å². The van der Waals surface area contributed by atoms with E-state index in [1.54, 1.807) is 13.0 Å². The Morgan fingerprint density at radius 1 is 1.43 bits per heavy atom. The molecule has 0 radical (unpaired) electrons. The normalized spacial score (nSPS) is 9.48. The van der Waals surface area contributed by atoms with Crippen LogP contribution in [0.4, 0.5) is 0 Å². The van der Waals surface area contributed by atoms with Gasteiger partial charge in [-0.2, -0.15) is 0 Å². The predicted molar refractivity (Wildman–Crippen MR) is 78.5 cm³/mol. The molecule has 1 heterocycles. The van der Waals surface area contributed by atoms with E-state index >= 15 is 0 Å². The zero-order valence-corrected chi connectivity index (χ0v) is 12.2. The lowest BCUT2D eigenvalue weighted by Crippen LogP contribution is -2.40. The summed E-state index contributed by atoms with van der Waals surface area (Å²) >= 11 is 0. The number of aliphatic hydroxyl groups excluding tert-OH is 1. The average molecular weight is 289 g/mol. The first kappa shape index (κ1) is 16.7. The summed E-state index contributed by atoms with van der Waals surface area (Å²) in [7, 11) is 0. The Hall–Kier alpha value is -2.39. The van der Waals surface area contributed by atoms with E-state index in [0.29, 0.717) is 24.2 Å². The van der Waals surface area contributed by atoms with Crippen molar-refractivity contribution in [3.05, 3.63) is 29.6 Å². The second kappa shape index (κ2) is 8.72. The number of nitrogens with zero attached hydrogens (tertiary/aromatic N) is 2. The van der Waals surface area contributed by atoms with Gasteiger partial charge in [-0.3, -0.25) is 14.6 Å². The van der Waals surface area contributed by atoms with E-state index in [-0.39, 0.29) is 25.0 Å². The van der Waals surface area contributed by atoms with Crippen LogP contribution in [0.2, 0.25) is 0 Å². The van der Waals surface area contributed by atoms with Crippen molar-refractivity contribution in [2.75, 3.05) is 26.2 Å². The van der Waals surface area contributed by atoms with Gasteiger partial charge < -0.3 is 15.3 Å². The minimum Gasteiger partial charge on any atom is -0.384 e. The maximum atomic E-state index is 12.5. The predicted octanol–water partition coefficient (Wildman–Crippen LogP) is 0.0236. The third-order valence-electron chi connectivity index (χ3n) is 2.73. The molecular formula is C15H19N3O3. The van der Waals surface area contributed by atoms with Crippen molar-refractivity contribution in [2.45, 2.75) is 13.8 Å². The first-order valence-corrected chi connectivity index (χ1v) is 6.73. The summed E-state index contributed by atoms with van der Waals surface area (Å²) in [6, 6.07) is 1.56. The second-order valence-electron chi connectivity index (χ2n) is 4.15. The number of amides is 2. The van der Waals surface area contributed by atoms with Gasteiger partial charge in [0.05, 0.1) is 17.7 Å². The second-order valence-corrected chi connectivity index (χ2v) is 4.15. The molecule has 0 saturated carbocycles. The van der Waals surface area contributed by atoms with Gasteiger partial charge in [0.2, 0.25) is 5.91 Å². The molecule has 1 aromatic rings. The Balaban J connectivity index is 2.97. The van der Waals surface area contributed by atoms with Crippen molar-refractivity contribution in [1.82, 2.24) is 15.2 Å². The Morgan fingerprint density at radius 2 is 2.19 bits per heavy atom. The van der Waals surface area contributed by atoms with Crippen LogP contribution < -0.4 is 5.32 Å². The van der Waals surface area contributed by atoms with Crippen molar-refractivity contribution in [2.24, 2.45) is 0 Å². The molecule has 0 fully saturated rings. The summed E-state index contributed by atoms with van der Waals surface area (Å²) < 4.78 is 0. The lowest BCUT2D eigenvalue weighted by Gasteiger charge is -2.20. The van der Waals surface area contributed by atoms with E-state index in [2.05, 4.69) is 22.1 Å². The fraction of sp³-hybridized carbons (Fsp3) is 0.400. The molecule has 0 unspecified atom stereocenters. The van der Waals surface area contributed by atoms with Gasteiger partial charge in [0.25, 0.3) is 5.91 Å². The fourth-order valence-corrected chi connectivity index (χ4v) is 1.74. The van der Waals surface area contributed by atoms with Crippen molar-refractivity contribution in [1.29, 1.82) is 0 Å². The Bertz CT molecular complexity index is 561. The van der Waals surface area contributed by atoms with Gasteiger partial charge in [0.1, 0.15) is 6.61 Å². The summed E-state index contributed by atoms with van der Waals surface area (Å²) in [5, 5.41) is 11.4. The number of aliphatic hydroxyl groups is 1. The van der Waals surface area contributed by atoms with Gasteiger partial charge >= 0.3 is 0 Å². The van der Waals surface area contributed by atoms with E-state index < -0.39 is 0 Å². The molecule has 2 amide bonds. The maximum Gasteiger partial charge on any atom is 0.255 e. The molecule has 0 aliphatic carbocycles. The van der Waals surface area contributed by atoms with Gasteiger partial charge in [-0.25, -0.2) is 0 Å². The largest absolute Gasteiger partial charge is 0.384 e. The highest BCUT2D eigenvalue weighted by Crippen LogP contribution is 2.09. The van der Waals surface area contributed by atoms with Crippen molar-refractivity contribution in [3.8, 4) is 11.8 Å². The molecule has 1 aromatic heterocycles. The van der Waals surface area contributed by atoms with E-state index in [4.69, 9.17) is 5.11 Å². The highest BCUT2D eigenvalue weighted by Gasteiger charge is 2.19. The molecule has 6 nitrogen and oxygen atoms in total. The van der Waals surface area contributed by atoms with Crippen LogP contribution in [0.3, 0.4) is 0 Å². The molecule has 0 spiro atoms. The molecule has 0 aliphatic rings. The molecule has 2 N–H and O–H groups in total. The summed E-state index contributed by atoms with van der Waals surface area (Å²) in [4.78, 5) is 29.5. The highest BCUT2D eigenvalue weighted by molar-refractivity contribution is 5.98. The third kappa shape index (κ3) is 4.89. The summed E-state index contributed by atoms with van der Waals surface area (Å²) in [6.45, 7) is 4.26. The number of rotatable bonds is 5. The Kier molecular flexibility index (Phi) is 6.92. The number of hydrogen-bond acceptors (Lipinski definition) is 4. The van der Waals surface area contributed by atoms with E-state index in [9.17, 15) is 9.59 Å². The molecule has 112 valence electrons. The number of pyridine rings is 1. The third-order valence-corrected chi connectivity index (χ3v) is 2.73. The van der Waals surface area contributed by atoms with E-state index in [0.717, 1.165) is 0 Å². The van der Waals surface area contributed by atoms with Crippen molar-refractivity contribution >= 4 is 11.8 Å². The smallest absolute Gasteiger partial charge is 0.255 e. The number of likely N-dealkylation sites (N-methyl/N-ethyl adjacent to an activating group) is 2. The van der Waals surface area contributed by atoms with Crippen LogP contribution in [0, 0.1) is 11.8 Å². The minimum absolute atomic E-state index is 0.00162. The van der Waals surface area contributed by atoms with Crippen LogP contribution in [-0.4, -0.2) is 53.0 Å². The first-order valence-electron chi connectivity index (χ1n) is 6.73. The molecule has 1 rings (SSSR count).